The van der Waals surface area contributed by atoms with Crippen LogP contribution in [0, 0.1) is 5.82 Å². The monoisotopic (exact) mass is 335 g/mol. The average molecular weight is 335 g/mol. The van der Waals surface area contributed by atoms with E-state index in [1.54, 1.807) is 6.07 Å². The summed E-state index contributed by atoms with van der Waals surface area (Å²) >= 11 is 0. The van der Waals surface area contributed by atoms with E-state index < -0.39 is 20.8 Å². The van der Waals surface area contributed by atoms with Crippen molar-refractivity contribution in [2.24, 2.45) is 0 Å². The molecule has 1 aliphatic rings. The molecule has 1 fully saturated rings. The first kappa shape index (κ1) is 15.5. The van der Waals surface area contributed by atoms with E-state index in [0.717, 1.165) is 19.1 Å². The summed E-state index contributed by atoms with van der Waals surface area (Å²) in [5.74, 6) is -0.470. The van der Waals surface area contributed by atoms with Gasteiger partial charge in [0.05, 0.1) is 11.3 Å². The van der Waals surface area contributed by atoms with Crippen LogP contribution in [-0.4, -0.2) is 37.0 Å². The van der Waals surface area contributed by atoms with Crippen LogP contribution in [0.3, 0.4) is 0 Å². The second-order valence-electron chi connectivity index (χ2n) is 5.41. The number of hydrogen-bond acceptors (Lipinski definition) is 6. The predicted octanol–water partition coefficient (Wildman–Crippen LogP) is 2.07. The van der Waals surface area contributed by atoms with Gasteiger partial charge >= 0.3 is 0 Å². The number of aromatic nitrogens is 2. The first-order chi connectivity index (χ1) is 10.9. The molecule has 3 rings (SSSR count). The Balaban J connectivity index is 2.27. The summed E-state index contributed by atoms with van der Waals surface area (Å²) in [5.41, 5.74) is 0.0758. The molecule has 0 spiro atoms. The van der Waals surface area contributed by atoms with Crippen LogP contribution in [0.4, 0.5) is 10.2 Å². The summed E-state index contributed by atoms with van der Waals surface area (Å²) < 4.78 is 37.7. The highest BCUT2D eigenvalue weighted by Gasteiger charge is 2.27. The lowest BCUT2D eigenvalue weighted by Crippen LogP contribution is -2.14. The standard InChI is InChI=1S/C15H14FN3O3S/c1-23(21,22)15-18-13(10-4-2-3-5-12(10)16)11(8-20)14(19-15)17-9-6-7-9/h2-5,8-9H,6-7H2,1H3,(H,17,18,19). The molecule has 1 aliphatic carbocycles. The van der Waals surface area contributed by atoms with Gasteiger partial charge in [-0.3, -0.25) is 4.79 Å². The van der Waals surface area contributed by atoms with Crippen molar-refractivity contribution in [3.63, 3.8) is 0 Å². The molecule has 0 saturated heterocycles. The number of nitrogens with one attached hydrogen (secondary N) is 1. The summed E-state index contributed by atoms with van der Waals surface area (Å²) in [4.78, 5) is 19.4. The topological polar surface area (TPSA) is 89.0 Å². The number of aldehydes is 1. The SMILES string of the molecule is CS(=O)(=O)c1nc(NC2CC2)c(C=O)c(-c2ccccc2F)n1. The summed E-state index contributed by atoms with van der Waals surface area (Å²) in [6.45, 7) is 0. The Morgan fingerprint density at radius 2 is 1.96 bits per heavy atom. The van der Waals surface area contributed by atoms with Crippen molar-refractivity contribution < 1.29 is 17.6 Å². The summed E-state index contributed by atoms with van der Waals surface area (Å²) in [5, 5.41) is 2.57. The van der Waals surface area contributed by atoms with E-state index in [4.69, 9.17) is 0 Å². The fraction of sp³-hybridized carbons (Fsp3) is 0.267. The minimum atomic E-state index is -3.71. The van der Waals surface area contributed by atoms with Crippen LogP contribution < -0.4 is 5.32 Å². The molecule has 2 aromatic rings. The van der Waals surface area contributed by atoms with Gasteiger partial charge in [0.1, 0.15) is 11.6 Å². The lowest BCUT2D eigenvalue weighted by atomic mass is 10.1. The number of carbonyl (C=O) groups is 1. The van der Waals surface area contributed by atoms with Gasteiger partial charge in [-0.2, -0.15) is 0 Å². The third-order valence-corrected chi connectivity index (χ3v) is 4.27. The molecule has 120 valence electrons. The zero-order valence-corrected chi connectivity index (χ0v) is 13.1. The summed E-state index contributed by atoms with van der Waals surface area (Å²) in [6, 6.07) is 5.90. The lowest BCUT2D eigenvalue weighted by Gasteiger charge is -2.13. The molecule has 8 heteroatoms. The number of anilines is 1. The number of sulfone groups is 1. The largest absolute Gasteiger partial charge is 0.367 e. The van der Waals surface area contributed by atoms with Crippen LogP contribution in [0.15, 0.2) is 29.4 Å². The van der Waals surface area contributed by atoms with E-state index in [9.17, 15) is 17.6 Å². The molecule has 6 nitrogen and oxygen atoms in total. The minimum absolute atomic E-state index is 0.0309. The Morgan fingerprint density at radius 1 is 1.26 bits per heavy atom. The summed E-state index contributed by atoms with van der Waals surface area (Å²) in [7, 11) is -3.71. The molecule has 1 heterocycles. The van der Waals surface area contributed by atoms with Crippen molar-refractivity contribution in [1.82, 2.24) is 9.97 Å². The van der Waals surface area contributed by atoms with E-state index in [1.165, 1.54) is 18.2 Å². The fourth-order valence-corrected chi connectivity index (χ4v) is 2.63. The van der Waals surface area contributed by atoms with E-state index in [1.807, 2.05) is 0 Å². The average Bonchev–Trinajstić information content (AvgIpc) is 3.30. The third kappa shape index (κ3) is 3.21. The predicted molar refractivity (Wildman–Crippen MR) is 82.6 cm³/mol. The van der Waals surface area contributed by atoms with Gasteiger partial charge in [-0.25, -0.2) is 22.8 Å². The number of benzene rings is 1. The van der Waals surface area contributed by atoms with E-state index in [2.05, 4.69) is 15.3 Å². The molecule has 0 unspecified atom stereocenters. The van der Waals surface area contributed by atoms with Crippen LogP contribution in [0.2, 0.25) is 0 Å². The molecule has 0 atom stereocenters. The molecule has 0 aliphatic heterocycles. The molecule has 1 N–H and O–H groups in total. The van der Waals surface area contributed by atoms with Crippen molar-refractivity contribution in [2.45, 2.75) is 24.0 Å². The third-order valence-electron chi connectivity index (χ3n) is 3.42. The second-order valence-corrected chi connectivity index (χ2v) is 7.32. The maximum absolute atomic E-state index is 14.1. The number of halogens is 1. The molecule has 1 aromatic heterocycles. The first-order valence-electron chi connectivity index (χ1n) is 6.99. The van der Waals surface area contributed by atoms with Gasteiger partial charge in [0.2, 0.25) is 15.0 Å². The highest BCUT2D eigenvalue weighted by Crippen LogP contribution is 2.31. The van der Waals surface area contributed by atoms with E-state index in [-0.39, 0.29) is 28.7 Å². The van der Waals surface area contributed by atoms with Crippen LogP contribution in [0.1, 0.15) is 23.2 Å². The minimum Gasteiger partial charge on any atom is -0.367 e. The first-order valence-corrected chi connectivity index (χ1v) is 8.88. The van der Waals surface area contributed by atoms with Crippen LogP contribution in [0.5, 0.6) is 0 Å². The van der Waals surface area contributed by atoms with Crippen LogP contribution >= 0.6 is 0 Å². The van der Waals surface area contributed by atoms with Crippen molar-refractivity contribution in [2.75, 3.05) is 11.6 Å². The van der Waals surface area contributed by atoms with Gasteiger partial charge < -0.3 is 5.32 Å². The number of rotatable bonds is 5. The Bertz CT molecular complexity index is 880. The molecular formula is C15H14FN3O3S. The molecule has 23 heavy (non-hydrogen) atoms. The zero-order chi connectivity index (χ0) is 16.6. The number of nitrogens with zero attached hydrogens (tertiary/aromatic N) is 2. The zero-order valence-electron chi connectivity index (χ0n) is 12.3. The Hall–Kier alpha value is -2.35. The van der Waals surface area contributed by atoms with E-state index in [0.29, 0.717) is 6.29 Å². The van der Waals surface area contributed by atoms with Gasteiger partial charge in [0.25, 0.3) is 0 Å². The Morgan fingerprint density at radius 3 is 2.52 bits per heavy atom. The smallest absolute Gasteiger partial charge is 0.249 e. The van der Waals surface area contributed by atoms with Crippen molar-refractivity contribution in [3.8, 4) is 11.3 Å². The highest BCUT2D eigenvalue weighted by atomic mass is 32.2. The van der Waals surface area contributed by atoms with Crippen LogP contribution in [0.25, 0.3) is 11.3 Å². The fourth-order valence-electron chi connectivity index (χ4n) is 2.12. The highest BCUT2D eigenvalue weighted by molar-refractivity contribution is 7.90. The van der Waals surface area contributed by atoms with Crippen molar-refractivity contribution in [1.29, 1.82) is 0 Å². The van der Waals surface area contributed by atoms with E-state index >= 15 is 0 Å². The molecular weight excluding hydrogens is 321 g/mol. The van der Waals surface area contributed by atoms with Crippen LogP contribution in [-0.2, 0) is 9.84 Å². The molecule has 0 amide bonds. The van der Waals surface area contributed by atoms with Gasteiger partial charge in [0, 0.05) is 17.9 Å². The normalized spacial score (nSPS) is 14.5. The maximum atomic E-state index is 14.1. The quantitative estimate of drug-likeness (QED) is 0.665. The molecule has 1 saturated carbocycles. The second kappa shape index (κ2) is 5.69. The molecule has 1 aromatic carbocycles. The van der Waals surface area contributed by atoms with Crippen molar-refractivity contribution >= 4 is 21.9 Å². The molecule has 0 radical (unpaired) electrons. The van der Waals surface area contributed by atoms with Gasteiger partial charge in [-0.1, -0.05) is 12.1 Å². The Kier molecular flexibility index (Phi) is 3.85. The van der Waals surface area contributed by atoms with Gasteiger partial charge in [-0.15, -0.1) is 0 Å². The van der Waals surface area contributed by atoms with Gasteiger partial charge in [0.15, 0.2) is 6.29 Å². The Labute approximate surface area is 132 Å². The number of carbonyl (C=O) groups excluding carboxylic acids is 1. The lowest BCUT2D eigenvalue weighted by molar-refractivity contribution is 0.112. The molecule has 0 bridgehead atoms. The number of hydrogen-bond donors (Lipinski definition) is 1. The van der Waals surface area contributed by atoms with Gasteiger partial charge in [-0.05, 0) is 25.0 Å². The van der Waals surface area contributed by atoms with Crippen molar-refractivity contribution in [3.05, 3.63) is 35.6 Å². The summed E-state index contributed by atoms with van der Waals surface area (Å²) in [6.07, 6.45) is 3.30. The maximum Gasteiger partial charge on any atom is 0.249 e.